The minimum atomic E-state index is -3.53. The molecule has 106 valence electrons. The van der Waals surface area contributed by atoms with Crippen molar-refractivity contribution in [1.82, 2.24) is 4.31 Å². The largest absolute Gasteiger partial charge is 0.243 e. The predicted octanol–water partition coefficient (Wildman–Crippen LogP) is 3.93. The molecule has 1 aromatic carbocycles. The van der Waals surface area contributed by atoms with Gasteiger partial charge in [0.2, 0.25) is 10.0 Å². The SMILES string of the molecule is O=S(=O)(c1cc(Cl)cc(Cl)c1)N1CCCCC1CBr. The first-order chi connectivity index (χ1) is 8.95. The lowest BCUT2D eigenvalue weighted by Crippen LogP contribution is -2.44. The normalized spacial score (nSPS) is 21.5. The highest BCUT2D eigenvalue weighted by atomic mass is 79.9. The molecule has 0 aromatic heterocycles. The molecule has 19 heavy (non-hydrogen) atoms. The van der Waals surface area contributed by atoms with Crippen LogP contribution in [0.4, 0.5) is 0 Å². The summed E-state index contributed by atoms with van der Waals surface area (Å²) in [7, 11) is -3.53. The monoisotopic (exact) mass is 385 g/mol. The third-order valence-electron chi connectivity index (χ3n) is 3.19. The van der Waals surface area contributed by atoms with Crippen LogP contribution in [0.3, 0.4) is 0 Å². The number of hydrogen-bond donors (Lipinski definition) is 0. The van der Waals surface area contributed by atoms with Crippen LogP contribution < -0.4 is 0 Å². The van der Waals surface area contributed by atoms with Crippen molar-refractivity contribution in [2.75, 3.05) is 11.9 Å². The topological polar surface area (TPSA) is 37.4 Å². The molecular weight excluding hydrogens is 373 g/mol. The Morgan fingerprint density at radius 1 is 1.21 bits per heavy atom. The number of alkyl halides is 1. The molecule has 1 atom stereocenters. The number of rotatable bonds is 3. The second-order valence-corrected chi connectivity index (χ2v) is 7.94. The molecule has 1 aliphatic heterocycles. The van der Waals surface area contributed by atoms with Gasteiger partial charge < -0.3 is 0 Å². The Morgan fingerprint density at radius 2 is 1.84 bits per heavy atom. The number of piperidine rings is 1. The van der Waals surface area contributed by atoms with Crippen molar-refractivity contribution in [2.45, 2.75) is 30.2 Å². The van der Waals surface area contributed by atoms with Gasteiger partial charge in [-0.3, -0.25) is 0 Å². The number of sulfonamides is 1. The van der Waals surface area contributed by atoms with Crippen LogP contribution in [-0.4, -0.2) is 30.6 Å². The van der Waals surface area contributed by atoms with E-state index in [0.717, 1.165) is 19.3 Å². The van der Waals surface area contributed by atoms with Gasteiger partial charge in [-0.2, -0.15) is 4.31 Å². The Hall–Kier alpha value is 0.190. The molecule has 0 N–H and O–H groups in total. The van der Waals surface area contributed by atoms with Gasteiger partial charge in [-0.1, -0.05) is 45.6 Å². The van der Waals surface area contributed by atoms with Crippen molar-refractivity contribution >= 4 is 49.2 Å². The van der Waals surface area contributed by atoms with Gasteiger partial charge in [0.05, 0.1) is 4.90 Å². The summed E-state index contributed by atoms with van der Waals surface area (Å²) in [5.41, 5.74) is 0. The summed E-state index contributed by atoms with van der Waals surface area (Å²) < 4.78 is 26.8. The van der Waals surface area contributed by atoms with Crippen molar-refractivity contribution in [2.24, 2.45) is 0 Å². The Labute approximate surface area is 132 Å². The van der Waals surface area contributed by atoms with Crippen LogP contribution >= 0.6 is 39.1 Å². The lowest BCUT2D eigenvalue weighted by Gasteiger charge is -2.33. The molecule has 0 radical (unpaired) electrons. The fourth-order valence-electron chi connectivity index (χ4n) is 2.26. The van der Waals surface area contributed by atoms with E-state index in [9.17, 15) is 8.42 Å². The second kappa shape index (κ2) is 6.31. The lowest BCUT2D eigenvalue weighted by atomic mass is 10.1. The van der Waals surface area contributed by atoms with Gasteiger partial charge in [0.1, 0.15) is 0 Å². The van der Waals surface area contributed by atoms with Crippen molar-refractivity contribution in [3.8, 4) is 0 Å². The van der Waals surface area contributed by atoms with Gasteiger partial charge in [-0.05, 0) is 31.0 Å². The minimum Gasteiger partial charge on any atom is -0.207 e. The van der Waals surface area contributed by atoms with E-state index < -0.39 is 10.0 Å². The smallest absolute Gasteiger partial charge is 0.207 e. The van der Waals surface area contributed by atoms with E-state index >= 15 is 0 Å². The Balaban J connectivity index is 2.40. The van der Waals surface area contributed by atoms with Gasteiger partial charge in [0, 0.05) is 28.0 Å². The Kier molecular flexibility index (Phi) is 5.17. The highest BCUT2D eigenvalue weighted by Gasteiger charge is 2.33. The Morgan fingerprint density at radius 3 is 2.42 bits per heavy atom. The molecule has 0 amide bonds. The van der Waals surface area contributed by atoms with Crippen LogP contribution in [0.1, 0.15) is 19.3 Å². The van der Waals surface area contributed by atoms with E-state index in [-0.39, 0.29) is 10.9 Å². The van der Waals surface area contributed by atoms with E-state index in [1.807, 2.05) is 0 Å². The van der Waals surface area contributed by atoms with Gasteiger partial charge >= 0.3 is 0 Å². The number of benzene rings is 1. The molecular formula is C12H14BrCl2NO2S. The van der Waals surface area contributed by atoms with Gasteiger partial charge in [-0.15, -0.1) is 0 Å². The van der Waals surface area contributed by atoms with Crippen LogP contribution in [0.25, 0.3) is 0 Å². The van der Waals surface area contributed by atoms with Crippen molar-refractivity contribution in [3.05, 3.63) is 28.2 Å². The lowest BCUT2D eigenvalue weighted by molar-refractivity contribution is 0.273. The van der Waals surface area contributed by atoms with Crippen LogP contribution in [0.2, 0.25) is 10.0 Å². The summed E-state index contributed by atoms with van der Waals surface area (Å²) in [6.07, 6.45) is 2.81. The molecule has 3 nitrogen and oxygen atoms in total. The third-order valence-corrected chi connectivity index (χ3v) is 6.31. The summed E-state index contributed by atoms with van der Waals surface area (Å²) in [4.78, 5) is 0.165. The first-order valence-corrected chi connectivity index (χ1v) is 9.31. The molecule has 1 aliphatic rings. The summed E-state index contributed by atoms with van der Waals surface area (Å²) >= 11 is 15.2. The van der Waals surface area contributed by atoms with E-state index in [1.165, 1.54) is 18.2 Å². The molecule has 0 saturated carbocycles. The number of nitrogens with zero attached hydrogens (tertiary/aromatic N) is 1. The molecule has 7 heteroatoms. The van der Waals surface area contributed by atoms with Crippen molar-refractivity contribution < 1.29 is 8.42 Å². The van der Waals surface area contributed by atoms with E-state index in [2.05, 4.69) is 15.9 Å². The molecule has 0 bridgehead atoms. The molecule has 0 spiro atoms. The highest BCUT2D eigenvalue weighted by Crippen LogP contribution is 2.29. The summed E-state index contributed by atoms with van der Waals surface area (Å²) in [6.45, 7) is 0.544. The molecule has 0 aliphatic carbocycles. The molecule has 2 rings (SSSR count). The zero-order chi connectivity index (χ0) is 14.0. The quantitative estimate of drug-likeness (QED) is 0.738. The summed E-state index contributed by atoms with van der Waals surface area (Å²) in [6, 6.07) is 4.42. The third kappa shape index (κ3) is 3.45. The van der Waals surface area contributed by atoms with Crippen molar-refractivity contribution in [3.63, 3.8) is 0 Å². The first-order valence-electron chi connectivity index (χ1n) is 5.99. The van der Waals surface area contributed by atoms with Crippen LogP contribution in [0.15, 0.2) is 23.1 Å². The maximum atomic E-state index is 12.6. The van der Waals surface area contributed by atoms with Crippen LogP contribution in [0, 0.1) is 0 Å². The molecule has 1 fully saturated rings. The maximum absolute atomic E-state index is 12.6. The average molecular weight is 387 g/mol. The van der Waals surface area contributed by atoms with Gasteiger partial charge in [0.25, 0.3) is 0 Å². The zero-order valence-corrected chi connectivity index (χ0v) is 14.1. The van der Waals surface area contributed by atoms with E-state index in [4.69, 9.17) is 23.2 Å². The fraction of sp³-hybridized carbons (Fsp3) is 0.500. The molecule has 1 aromatic rings. The van der Waals surface area contributed by atoms with Crippen LogP contribution in [-0.2, 0) is 10.0 Å². The maximum Gasteiger partial charge on any atom is 0.243 e. The summed E-state index contributed by atoms with van der Waals surface area (Å²) in [5, 5.41) is 1.30. The molecule has 1 heterocycles. The van der Waals surface area contributed by atoms with Crippen LogP contribution in [0.5, 0.6) is 0 Å². The standard InChI is InChI=1S/C12H14BrCl2NO2S/c13-8-11-3-1-2-4-16(11)19(17,18)12-6-9(14)5-10(15)7-12/h5-7,11H,1-4,8H2. The minimum absolute atomic E-state index is 0.00323. The summed E-state index contributed by atoms with van der Waals surface area (Å²) in [5.74, 6) is 0. The number of halogens is 3. The predicted molar refractivity (Wildman–Crippen MR) is 81.8 cm³/mol. The molecule has 1 saturated heterocycles. The fourth-order valence-corrected chi connectivity index (χ4v) is 5.54. The second-order valence-electron chi connectivity index (χ2n) is 4.52. The van der Waals surface area contributed by atoms with Gasteiger partial charge in [-0.25, -0.2) is 8.42 Å². The van der Waals surface area contributed by atoms with Crippen molar-refractivity contribution in [1.29, 1.82) is 0 Å². The zero-order valence-electron chi connectivity index (χ0n) is 10.2. The van der Waals surface area contributed by atoms with E-state index in [1.54, 1.807) is 4.31 Å². The molecule has 1 unspecified atom stereocenters. The highest BCUT2D eigenvalue weighted by molar-refractivity contribution is 9.09. The average Bonchev–Trinajstić information content (AvgIpc) is 2.37. The first kappa shape index (κ1) is 15.6. The Bertz CT molecular complexity index is 545. The number of hydrogen-bond acceptors (Lipinski definition) is 2. The van der Waals surface area contributed by atoms with E-state index in [0.29, 0.717) is 21.9 Å². The van der Waals surface area contributed by atoms with Gasteiger partial charge in [0.15, 0.2) is 0 Å².